The zero-order valence-corrected chi connectivity index (χ0v) is 12.5. The van der Waals surface area contributed by atoms with E-state index in [1.807, 2.05) is 0 Å². The summed E-state index contributed by atoms with van der Waals surface area (Å²) in [7, 11) is 0. The van der Waals surface area contributed by atoms with Crippen molar-refractivity contribution in [3.05, 3.63) is 73.8 Å². The van der Waals surface area contributed by atoms with Gasteiger partial charge in [-0.25, -0.2) is 0 Å². The maximum atomic E-state index is 12.0. The number of hydrogen-bond acceptors (Lipinski definition) is 3. The minimum Gasteiger partial charge on any atom is -0.380 e. The smallest absolute Gasteiger partial charge is 0.272 e. The zero-order chi connectivity index (χ0) is 15.7. The Morgan fingerprint density at radius 2 is 1.77 bits per heavy atom. The summed E-state index contributed by atoms with van der Waals surface area (Å²) < 4.78 is 0. The van der Waals surface area contributed by atoms with Crippen LogP contribution in [-0.2, 0) is 6.54 Å². The number of rotatable bonds is 3. The first-order chi connectivity index (χ1) is 10.6. The summed E-state index contributed by atoms with van der Waals surface area (Å²) in [6.45, 7) is 4.71. The molecule has 0 unspecified atom stereocenters. The van der Waals surface area contributed by atoms with Gasteiger partial charge in [0.05, 0.1) is 10.8 Å². The van der Waals surface area contributed by atoms with Crippen LogP contribution in [0.2, 0.25) is 0 Å². The van der Waals surface area contributed by atoms with Crippen LogP contribution < -0.4 is 16.4 Å². The van der Waals surface area contributed by atoms with Gasteiger partial charge in [0.2, 0.25) is 0 Å². The van der Waals surface area contributed by atoms with E-state index in [9.17, 15) is 9.59 Å². The topological polar surface area (TPSA) is 77.8 Å². The SMILES string of the molecule is Cc1ccc(CNc2cccc3c(=O)[nH][nH]c(=O)c23)c(C)c1. The molecule has 0 amide bonds. The Balaban J connectivity index is 2.00. The van der Waals surface area contributed by atoms with Crippen molar-refractivity contribution in [1.82, 2.24) is 10.2 Å². The van der Waals surface area contributed by atoms with Gasteiger partial charge in [-0.3, -0.25) is 19.8 Å². The lowest BCUT2D eigenvalue weighted by atomic mass is 10.1. The van der Waals surface area contributed by atoms with Crippen LogP contribution in [0.15, 0.2) is 46.0 Å². The van der Waals surface area contributed by atoms with E-state index < -0.39 is 0 Å². The number of aromatic amines is 2. The van der Waals surface area contributed by atoms with E-state index in [0.29, 0.717) is 23.0 Å². The van der Waals surface area contributed by atoms with Gasteiger partial charge in [-0.05, 0) is 37.1 Å². The number of H-pyrrole nitrogens is 2. The monoisotopic (exact) mass is 295 g/mol. The van der Waals surface area contributed by atoms with Crippen molar-refractivity contribution in [2.24, 2.45) is 0 Å². The van der Waals surface area contributed by atoms with Crippen LogP contribution in [0.5, 0.6) is 0 Å². The second-order valence-corrected chi connectivity index (χ2v) is 5.42. The highest BCUT2D eigenvalue weighted by atomic mass is 16.1. The molecule has 5 nitrogen and oxygen atoms in total. The highest BCUT2D eigenvalue weighted by molar-refractivity contribution is 5.92. The van der Waals surface area contributed by atoms with Gasteiger partial charge in [-0.15, -0.1) is 0 Å². The van der Waals surface area contributed by atoms with Gasteiger partial charge in [-0.1, -0.05) is 29.8 Å². The summed E-state index contributed by atoms with van der Waals surface area (Å²) in [6, 6.07) is 11.5. The highest BCUT2D eigenvalue weighted by Crippen LogP contribution is 2.19. The Hall–Kier alpha value is -2.82. The number of anilines is 1. The summed E-state index contributed by atoms with van der Waals surface area (Å²) in [6.07, 6.45) is 0. The van der Waals surface area contributed by atoms with Gasteiger partial charge in [0, 0.05) is 12.2 Å². The van der Waals surface area contributed by atoms with Crippen molar-refractivity contribution in [3.8, 4) is 0 Å². The zero-order valence-electron chi connectivity index (χ0n) is 12.5. The van der Waals surface area contributed by atoms with Crippen LogP contribution in [-0.4, -0.2) is 10.2 Å². The van der Waals surface area contributed by atoms with Gasteiger partial charge in [0.15, 0.2) is 0 Å². The van der Waals surface area contributed by atoms with E-state index in [1.165, 1.54) is 11.1 Å². The molecule has 3 rings (SSSR count). The molecule has 5 heteroatoms. The van der Waals surface area contributed by atoms with Crippen molar-refractivity contribution in [1.29, 1.82) is 0 Å². The number of benzene rings is 2. The second kappa shape index (κ2) is 5.52. The minimum absolute atomic E-state index is 0.301. The summed E-state index contributed by atoms with van der Waals surface area (Å²) in [5.41, 5.74) is 3.62. The summed E-state index contributed by atoms with van der Waals surface area (Å²) >= 11 is 0. The first-order valence-electron chi connectivity index (χ1n) is 7.10. The first kappa shape index (κ1) is 14.1. The quantitative estimate of drug-likeness (QED) is 0.694. The Morgan fingerprint density at radius 1 is 1.00 bits per heavy atom. The van der Waals surface area contributed by atoms with E-state index >= 15 is 0 Å². The molecule has 112 valence electrons. The lowest BCUT2D eigenvalue weighted by molar-refractivity contribution is 0.976. The Labute approximate surface area is 127 Å². The first-order valence-corrected chi connectivity index (χ1v) is 7.10. The van der Waals surface area contributed by atoms with Crippen LogP contribution in [0.1, 0.15) is 16.7 Å². The molecule has 1 heterocycles. The summed E-state index contributed by atoms with van der Waals surface area (Å²) in [4.78, 5) is 23.8. The molecular formula is C17H17N3O2. The normalized spacial score (nSPS) is 10.8. The standard InChI is InChI=1S/C17H17N3O2/c1-10-6-7-12(11(2)8-10)9-18-14-5-3-4-13-15(14)17(22)20-19-16(13)21/h3-8,18H,9H2,1-2H3,(H,19,21)(H,20,22). The van der Waals surface area contributed by atoms with Crippen LogP contribution in [0.25, 0.3) is 10.8 Å². The van der Waals surface area contributed by atoms with Crippen LogP contribution in [0.4, 0.5) is 5.69 Å². The van der Waals surface area contributed by atoms with Gasteiger partial charge < -0.3 is 5.32 Å². The number of fused-ring (bicyclic) bond motifs is 1. The van der Waals surface area contributed by atoms with Gasteiger partial charge >= 0.3 is 0 Å². The van der Waals surface area contributed by atoms with E-state index in [2.05, 4.69) is 47.6 Å². The Bertz CT molecular complexity index is 954. The molecule has 1 aromatic heterocycles. The van der Waals surface area contributed by atoms with E-state index in [0.717, 1.165) is 5.56 Å². The molecule has 0 fully saturated rings. The van der Waals surface area contributed by atoms with E-state index in [-0.39, 0.29) is 11.1 Å². The fourth-order valence-electron chi connectivity index (χ4n) is 2.61. The lowest BCUT2D eigenvalue weighted by Gasteiger charge is -2.11. The molecule has 0 saturated heterocycles. The molecule has 0 radical (unpaired) electrons. The molecule has 0 spiro atoms. The number of hydrogen-bond donors (Lipinski definition) is 3. The van der Waals surface area contributed by atoms with Crippen molar-refractivity contribution in [2.45, 2.75) is 20.4 Å². The molecule has 0 aliphatic heterocycles. The van der Waals surface area contributed by atoms with Crippen LogP contribution >= 0.6 is 0 Å². The van der Waals surface area contributed by atoms with Gasteiger partial charge in [-0.2, -0.15) is 0 Å². The Kier molecular flexibility index (Phi) is 3.55. The third-order valence-corrected chi connectivity index (χ3v) is 3.79. The average molecular weight is 295 g/mol. The van der Waals surface area contributed by atoms with Crippen molar-refractivity contribution < 1.29 is 0 Å². The summed E-state index contributed by atoms with van der Waals surface area (Å²) in [5.74, 6) is 0. The summed E-state index contributed by atoms with van der Waals surface area (Å²) in [5, 5.41) is 8.73. The highest BCUT2D eigenvalue weighted by Gasteiger charge is 2.08. The maximum absolute atomic E-state index is 12.0. The van der Waals surface area contributed by atoms with E-state index in [1.54, 1.807) is 18.2 Å². The molecule has 0 bridgehead atoms. The molecule has 0 saturated carbocycles. The second-order valence-electron chi connectivity index (χ2n) is 5.42. The van der Waals surface area contributed by atoms with E-state index in [4.69, 9.17) is 0 Å². The maximum Gasteiger partial charge on any atom is 0.272 e. The predicted molar refractivity (Wildman–Crippen MR) is 88.4 cm³/mol. The number of nitrogens with one attached hydrogen (secondary N) is 3. The molecule has 0 atom stereocenters. The lowest BCUT2D eigenvalue weighted by Crippen LogP contribution is -2.20. The fraction of sp³-hybridized carbons (Fsp3) is 0.176. The molecule has 3 N–H and O–H groups in total. The van der Waals surface area contributed by atoms with Crippen molar-refractivity contribution >= 4 is 16.5 Å². The van der Waals surface area contributed by atoms with Crippen molar-refractivity contribution in [3.63, 3.8) is 0 Å². The molecule has 2 aromatic carbocycles. The third-order valence-electron chi connectivity index (χ3n) is 3.79. The molecule has 0 aliphatic carbocycles. The molecule has 22 heavy (non-hydrogen) atoms. The minimum atomic E-state index is -0.307. The van der Waals surface area contributed by atoms with Crippen molar-refractivity contribution in [2.75, 3.05) is 5.32 Å². The van der Waals surface area contributed by atoms with Gasteiger partial charge in [0.25, 0.3) is 11.1 Å². The molecule has 0 aliphatic rings. The average Bonchev–Trinajstić information content (AvgIpc) is 2.50. The number of aryl methyl sites for hydroxylation is 2. The third kappa shape index (κ3) is 2.53. The Morgan fingerprint density at radius 3 is 2.55 bits per heavy atom. The molecule has 3 aromatic rings. The molecular weight excluding hydrogens is 278 g/mol. The van der Waals surface area contributed by atoms with Gasteiger partial charge in [0.1, 0.15) is 0 Å². The van der Waals surface area contributed by atoms with Crippen LogP contribution in [0, 0.1) is 13.8 Å². The predicted octanol–water partition coefficient (Wildman–Crippen LogP) is 2.45. The largest absolute Gasteiger partial charge is 0.380 e. The fourth-order valence-corrected chi connectivity index (χ4v) is 2.61. The number of aromatic nitrogens is 2. The van der Waals surface area contributed by atoms with Crippen LogP contribution in [0.3, 0.4) is 0 Å².